The average molecular weight is 313 g/mol. The average Bonchev–Trinajstić information content (AvgIpc) is 2.52. The summed E-state index contributed by atoms with van der Waals surface area (Å²) in [5.74, 6) is -1.05. The number of pyridine rings is 1. The van der Waals surface area contributed by atoms with E-state index in [1.165, 1.54) is 17.2 Å². The Morgan fingerprint density at radius 1 is 1.22 bits per heavy atom. The van der Waals surface area contributed by atoms with E-state index in [2.05, 4.69) is 10.3 Å². The summed E-state index contributed by atoms with van der Waals surface area (Å²) in [6.07, 6.45) is 1.52. The van der Waals surface area contributed by atoms with E-state index in [1.54, 1.807) is 14.1 Å². The van der Waals surface area contributed by atoms with Crippen LogP contribution in [0.2, 0.25) is 0 Å². The predicted octanol–water partition coefficient (Wildman–Crippen LogP) is 1.58. The minimum absolute atomic E-state index is 0.104. The Labute approximate surface area is 134 Å². The Morgan fingerprint density at radius 3 is 2.57 bits per heavy atom. The van der Waals surface area contributed by atoms with Crippen molar-refractivity contribution in [2.45, 2.75) is 6.92 Å². The molecule has 0 atom stereocenters. The molecule has 2 N–H and O–H groups in total. The lowest BCUT2D eigenvalue weighted by Crippen LogP contribution is -2.36. The molecular formula is C17H19N3O3. The smallest absolute Gasteiger partial charge is 0.274 e. The van der Waals surface area contributed by atoms with Gasteiger partial charge >= 0.3 is 0 Å². The molecular weight excluding hydrogens is 294 g/mol. The Bertz CT molecular complexity index is 742. The van der Waals surface area contributed by atoms with E-state index in [1.807, 2.05) is 31.2 Å². The molecule has 1 heterocycles. The molecule has 0 aliphatic heterocycles. The van der Waals surface area contributed by atoms with Gasteiger partial charge in [0, 0.05) is 25.9 Å². The number of aryl methyl sites for hydroxylation is 1. The van der Waals surface area contributed by atoms with Crippen LogP contribution in [0.25, 0.3) is 11.1 Å². The lowest BCUT2D eigenvalue weighted by molar-refractivity contribution is -0.127. The summed E-state index contributed by atoms with van der Waals surface area (Å²) in [6.45, 7) is 1.83. The highest BCUT2D eigenvalue weighted by molar-refractivity contribution is 5.97. The second kappa shape index (κ2) is 6.91. The molecule has 0 bridgehead atoms. The van der Waals surface area contributed by atoms with E-state index in [-0.39, 0.29) is 23.9 Å². The molecule has 2 rings (SSSR count). The number of carbonyl (C=O) groups is 2. The number of amides is 2. The van der Waals surface area contributed by atoms with Gasteiger partial charge in [-0.15, -0.1) is 0 Å². The Hall–Kier alpha value is -2.89. The highest BCUT2D eigenvalue weighted by Crippen LogP contribution is 2.25. The summed E-state index contributed by atoms with van der Waals surface area (Å²) in [5.41, 5.74) is 2.61. The molecule has 6 nitrogen and oxygen atoms in total. The van der Waals surface area contributed by atoms with Gasteiger partial charge in [0.15, 0.2) is 5.69 Å². The normalized spacial score (nSPS) is 10.2. The molecule has 2 aromatic rings. The van der Waals surface area contributed by atoms with Crippen molar-refractivity contribution in [2.75, 3.05) is 20.6 Å². The third-order valence-corrected chi connectivity index (χ3v) is 3.33. The van der Waals surface area contributed by atoms with Gasteiger partial charge in [0.25, 0.3) is 5.91 Å². The van der Waals surface area contributed by atoms with Crippen molar-refractivity contribution in [3.05, 3.63) is 47.8 Å². The fourth-order valence-corrected chi connectivity index (χ4v) is 2.01. The van der Waals surface area contributed by atoms with E-state index in [0.717, 1.165) is 11.1 Å². The Morgan fingerprint density at radius 2 is 1.96 bits per heavy atom. The number of aromatic hydroxyl groups is 1. The number of benzene rings is 1. The number of rotatable bonds is 4. The first-order valence-electron chi connectivity index (χ1n) is 7.13. The number of likely N-dealkylation sites (N-methyl/N-ethyl adjacent to an activating group) is 1. The number of nitrogens with one attached hydrogen (secondary N) is 1. The highest BCUT2D eigenvalue weighted by atomic mass is 16.3. The van der Waals surface area contributed by atoms with Crippen LogP contribution >= 0.6 is 0 Å². The SMILES string of the molecule is Cc1cccc(-c2cnc(C(=O)NCC(=O)N(C)C)c(O)c2)c1. The van der Waals surface area contributed by atoms with Crippen molar-refractivity contribution in [2.24, 2.45) is 0 Å². The van der Waals surface area contributed by atoms with Crippen molar-refractivity contribution < 1.29 is 14.7 Å². The van der Waals surface area contributed by atoms with Crippen LogP contribution in [-0.2, 0) is 4.79 Å². The van der Waals surface area contributed by atoms with Crippen LogP contribution in [0, 0.1) is 6.92 Å². The van der Waals surface area contributed by atoms with Crippen LogP contribution in [0.5, 0.6) is 5.75 Å². The standard InChI is InChI=1S/C17H19N3O3/c1-11-5-4-6-12(7-11)13-8-14(21)16(18-9-13)17(23)19-10-15(22)20(2)3/h4-9,21H,10H2,1-3H3,(H,19,23). The zero-order chi connectivity index (χ0) is 17.0. The number of aromatic nitrogens is 1. The molecule has 0 radical (unpaired) electrons. The summed E-state index contributed by atoms with van der Waals surface area (Å²) >= 11 is 0. The molecule has 23 heavy (non-hydrogen) atoms. The number of hydrogen-bond acceptors (Lipinski definition) is 4. The minimum Gasteiger partial charge on any atom is -0.505 e. The molecule has 6 heteroatoms. The molecule has 0 aliphatic rings. The number of nitrogens with zero attached hydrogens (tertiary/aromatic N) is 2. The van der Waals surface area contributed by atoms with Gasteiger partial charge in [0.1, 0.15) is 5.75 Å². The Kier molecular flexibility index (Phi) is 4.95. The van der Waals surface area contributed by atoms with Crippen molar-refractivity contribution in [1.29, 1.82) is 0 Å². The van der Waals surface area contributed by atoms with Gasteiger partial charge in [-0.3, -0.25) is 9.59 Å². The largest absolute Gasteiger partial charge is 0.505 e. The van der Waals surface area contributed by atoms with E-state index in [4.69, 9.17) is 0 Å². The van der Waals surface area contributed by atoms with Crippen LogP contribution in [0.1, 0.15) is 16.1 Å². The van der Waals surface area contributed by atoms with E-state index in [9.17, 15) is 14.7 Å². The van der Waals surface area contributed by atoms with Gasteiger partial charge in [0.05, 0.1) is 6.54 Å². The molecule has 0 saturated carbocycles. The molecule has 0 aliphatic carbocycles. The lowest BCUT2D eigenvalue weighted by atomic mass is 10.0. The van der Waals surface area contributed by atoms with Crippen molar-refractivity contribution in [1.82, 2.24) is 15.2 Å². The molecule has 1 aromatic carbocycles. The second-order valence-electron chi connectivity index (χ2n) is 5.43. The van der Waals surface area contributed by atoms with Crippen LogP contribution in [0.15, 0.2) is 36.5 Å². The lowest BCUT2D eigenvalue weighted by Gasteiger charge is -2.11. The third kappa shape index (κ3) is 4.06. The first-order chi connectivity index (χ1) is 10.9. The predicted molar refractivity (Wildman–Crippen MR) is 87.1 cm³/mol. The quantitative estimate of drug-likeness (QED) is 0.898. The van der Waals surface area contributed by atoms with Gasteiger partial charge in [-0.05, 0) is 18.6 Å². The van der Waals surface area contributed by atoms with Gasteiger partial charge in [0.2, 0.25) is 5.91 Å². The third-order valence-electron chi connectivity index (χ3n) is 3.33. The summed E-state index contributed by atoms with van der Waals surface area (Å²) in [6, 6.07) is 9.24. The summed E-state index contributed by atoms with van der Waals surface area (Å²) in [4.78, 5) is 28.8. The Balaban J connectivity index is 2.16. The molecule has 0 spiro atoms. The molecule has 120 valence electrons. The number of hydrogen-bond donors (Lipinski definition) is 2. The minimum atomic E-state index is -0.589. The molecule has 0 unspecified atom stereocenters. The van der Waals surface area contributed by atoms with Gasteiger partial charge < -0.3 is 15.3 Å². The molecule has 1 aromatic heterocycles. The van der Waals surface area contributed by atoms with Crippen LogP contribution in [-0.4, -0.2) is 47.4 Å². The first kappa shape index (κ1) is 16.5. The fraction of sp³-hybridized carbons (Fsp3) is 0.235. The maximum atomic E-state index is 12.0. The fourth-order valence-electron chi connectivity index (χ4n) is 2.01. The van der Waals surface area contributed by atoms with Gasteiger partial charge in [-0.2, -0.15) is 0 Å². The van der Waals surface area contributed by atoms with Crippen molar-refractivity contribution in [3.8, 4) is 16.9 Å². The van der Waals surface area contributed by atoms with Gasteiger partial charge in [-0.25, -0.2) is 4.98 Å². The maximum absolute atomic E-state index is 12.0. The summed E-state index contributed by atoms with van der Waals surface area (Å²) in [7, 11) is 3.20. The maximum Gasteiger partial charge on any atom is 0.274 e. The van der Waals surface area contributed by atoms with E-state index < -0.39 is 5.91 Å². The number of carbonyl (C=O) groups excluding carboxylic acids is 2. The zero-order valence-electron chi connectivity index (χ0n) is 13.3. The van der Waals surface area contributed by atoms with E-state index >= 15 is 0 Å². The zero-order valence-corrected chi connectivity index (χ0v) is 13.3. The van der Waals surface area contributed by atoms with Gasteiger partial charge in [-0.1, -0.05) is 29.8 Å². The summed E-state index contributed by atoms with van der Waals surface area (Å²) in [5, 5.41) is 12.5. The summed E-state index contributed by atoms with van der Waals surface area (Å²) < 4.78 is 0. The highest BCUT2D eigenvalue weighted by Gasteiger charge is 2.15. The van der Waals surface area contributed by atoms with Crippen LogP contribution in [0.4, 0.5) is 0 Å². The van der Waals surface area contributed by atoms with Crippen molar-refractivity contribution in [3.63, 3.8) is 0 Å². The van der Waals surface area contributed by atoms with Crippen molar-refractivity contribution >= 4 is 11.8 Å². The van der Waals surface area contributed by atoms with Crippen LogP contribution in [0.3, 0.4) is 0 Å². The second-order valence-corrected chi connectivity index (χ2v) is 5.43. The molecule has 2 amide bonds. The van der Waals surface area contributed by atoms with Crippen LogP contribution < -0.4 is 5.32 Å². The molecule has 0 saturated heterocycles. The van der Waals surface area contributed by atoms with E-state index in [0.29, 0.717) is 5.56 Å². The first-order valence-corrected chi connectivity index (χ1v) is 7.13. The topological polar surface area (TPSA) is 82.5 Å². The molecule has 0 fully saturated rings. The monoisotopic (exact) mass is 313 g/mol.